The van der Waals surface area contributed by atoms with Crippen molar-refractivity contribution in [3.05, 3.63) is 0 Å². The molecule has 0 aromatic rings. The Labute approximate surface area is 102 Å². The molecule has 1 N–H and O–H groups in total. The van der Waals surface area contributed by atoms with Gasteiger partial charge in [0.15, 0.2) is 0 Å². The lowest BCUT2D eigenvalue weighted by atomic mass is 9.68. The molecule has 3 nitrogen and oxygen atoms in total. The minimum absolute atomic E-state index is 0.0243. The Balaban J connectivity index is 2.06. The molecule has 4 heteroatoms. The molecule has 0 radical (unpaired) electrons. The monoisotopic (exact) mass is 242 g/mol. The van der Waals surface area contributed by atoms with E-state index in [0.717, 1.165) is 25.0 Å². The molecule has 0 saturated heterocycles. The van der Waals surface area contributed by atoms with E-state index in [1.54, 1.807) is 0 Å². The molecule has 0 aromatic carbocycles. The summed E-state index contributed by atoms with van der Waals surface area (Å²) in [5, 5.41) is 4.32. The van der Waals surface area contributed by atoms with E-state index in [4.69, 9.17) is 11.6 Å². The van der Waals surface area contributed by atoms with E-state index in [0.29, 0.717) is 18.1 Å². The summed E-state index contributed by atoms with van der Waals surface area (Å²) in [6.07, 6.45) is 3.46. The highest BCUT2D eigenvalue weighted by atomic mass is 35.5. The molecule has 0 unspecified atom stereocenters. The van der Waals surface area contributed by atoms with Crippen molar-refractivity contribution in [1.29, 1.82) is 0 Å². The smallest absolute Gasteiger partial charge is 0.144 e. The summed E-state index contributed by atoms with van der Waals surface area (Å²) in [6, 6.07) is 0.224. The van der Waals surface area contributed by atoms with Crippen molar-refractivity contribution in [2.75, 3.05) is 5.88 Å². The number of ketones is 1. The van der Waals surface area contributed by atoms with Gasteiger partial charge in [-0.15, -0.1) is 11.6 Å². The molecule has 0 amide bonds. The summed E-state index contributed by atoms with van der Waals surface area (Å²) in [6.45, 7) is 4.30. The van der Waals surface area contributed by atoms with Gasteiger partial charge in [-0.25, -0.2) is 0 Å². The number of nitrogens with one attached hydrogen (secondary N) is 1. The average Bonchev–Trinajstić information content (AvgIpc) is 2.56. The fourth-order valence-electron chi connectivity index (χ4n) is 2.82. The molecule has 2 rings (SSSR count). The highest BCUT2D eigenvalue weighted by molar-refractivity contribution is 6.18. The fourth-order valence-corrected chi connectivity index (χ4v) is 2.96. The maximum atomic E-state index is 12.1. The molecule has 16 heavy (non-hydrogen) atoms. The van der Waals surface area contributed by atoms with Gasteiger partial charge < -0.3 is 5.43 Å². The van der Waals surface area contributed by atoms with Crippen LogP contribution in [0.1, 0.15) is 39.5 Å². The Bertz CT molecular complexity index is 325. The summed E-state index contributed by atoms with van der Waals surface area (Å²) in [5.41, 5.74) is 4.26. The van der Waals surface area contributed by atoms with Gasteiger partial charge in [0.1, 0.15) is 5.78 Å². The Kier molecular flexibility index (Phi) is 3.24. The van der Waals surface area contributed by atoms with Crippen LogP contribution >= 0.6 is 11.6 Å². The molecule has 0 aromatic heterocycles. The number of hydrazone groups is 1. The first-order valence-electron chi connectivity index (χ1n) is 5.94. The third-order valence-corrected chi connectivity index (χ3v) is 3.74. The number of nitrogens with zero attached hydrogens (tertiary/aromatic N) is 1. The summed E-state index contributed by atoms with van der Waals surface area (Å²) in [5.74, 6) is 1.01. The van der Waals surface area contributed by atoms with Gasteiger partial charge in [0.05, 0.1) is 17.7 Å². The van der Waals surface area contributed by atoms with Crippen LogP contribution in [0.5, 0.6) is 0 Å². The van der Waals surface area contributed by atoms with Gasteiger partial charge in [0.2, 0.25) is 0 Å². The van der Waals surface area contributed by atoms with Crippen molar-refractivity contribution >= 4 is 23.1 Å². The molecule has 1 saturated carbocycles. The summed E-state index contributed by atoms with van der Waals surface area (Å²) < 4.78 is 0. The molecule has 0 spiro atoms. The Morgan fingerprint density at radius 2 is 2.31 bits per heavy atom. The first kappa shape index (κ1) is 11.9. The van der Waals surface area contributed by atoms with E-state index in [1.807, 2.05) is 0 Å². The lowest BCUT2D eigenvalue weighted by molar-refractivity contribution is -0.126. The van der Waals surface area contributed by atoms with Gasteiger partial charge in [-0.3, -0.25) is 4.79 Å². The van der Waals surface area contributed by atoms with Crippen LogP contribution in [0.15, 0.2) is 5.10 Å². The summed E-state index contributed by atoms with van der Waals surface area (Å²) in [7, 11) is 0. The van der Waals surface area contributed by atoms with E-state index in [2.05, 4.69) is 24.4 Å². The second-order valence-corrected chi connectivity index (χ2v) is 6.00. The minimum atomic E-state index is 0.0243. The second-order valence-electron chi connectivity index (χ2n) is 5.62. The number of Topliss-reactive ketones (excluding diaryl/α,β-unsaturated/α-hetero) is 1. The maximum absolute atomic E-state index is 12.1. The molecular weight excluding hydrogens is 224 g/mol. The normalized spacial score (nSPS) is 31.9. The number of carbonyl (C=O) groups is 1. The van der Waals surface area contributed by atoms with Crippen LogP contribution < -0.4 is 5.43 Å². The van der Waals surface area contributed by atoms with Crippen LogP contribution in [0, 0.1) is 11.3 Å². The number of alkyl halides is 1. The minimum Gasteiger partial charge on any atom is -0.306 e. The van der Waals surface area contributed by atoms with Crippen molar-refractivity contribution in [1.82, 2.24) is 5.43 Å². The number of carbonyl (C=O) groups excluding carboxylic acids is 1. The van der Waals surface area contributed by atoms with Gasteiger partial charge in [-0.1, -0.05) is 13.8 Å². The van der Waals surface area contributed by atoms with Gasteiger partial charge >= 0.3 is 0 Å². The van der Waals surface area contributed by atoms with E-state index < -0.39 is 0 Å². The highest BCUT2D eigenvalue weighted by Gasteiger charge is 2.45. The molecule has 1 aliphatic carbocycles. The number of halogens is 1. The van der Waals surface area contributed by atoms with Gasteiger partial charge in [0, 0.05) is 12.3 Å². The SMILES string of the molecule is CC1(C)CC(=O)[C@@H]2C(CCCCl)=NN[C@H]2C1. The maximum Gasteiger partial charge on any atom is 0.144 e. The standard InChI is InChI=1S/C12H19ClN2O/c1-12(2)6-9-11(10(16)7-12)8(14-15-9)4-3-5-13/h9,11,15H,3-7H2,1-2H3/t9-,11+/m0/s1. The van der Waals surface area contributed by atoms with Crippen LogP contribution in [0.2, 0.25) is 0 Å². The molecular formula is C12H19ClN2O. The Hall–Kier alpha value is -0.570. The van der Waals surface area contributed by atoms with Crippen molar-refractivity contribution in [3.8, 4) is 0 Å². The predicted molar refractivity (Wildman–Crippen MR) is 65.8 cm³/mol. The quantitative estimate of drug-likeness (QED) is 0.772. The molecule has 1 fully saturated rings. The predicted octanol–water partition coefficient (Wildman–Crippen LogP) is 2.34. The fraction of sp³-hybridized carbons (Fsp3) is 0.833. The van der Waals surface area contributed by atoms with E-state index in [1.165, 1.54) is 0 Å². The number of hydrogen-bond donors (Lipinski definition) is 1. The van der Waals surface area contributed by atoms with E-state index >= 15 is 0 Å². The number of rotatable bonds is 3. The number of hydrogen-bond acceptors (Lipinski definition) is 3. The molecule has 2 aliphatic rings. The van der Waals surface area contributed by atoms with Gasteiger partial charge in [0.25, 0.3) is 0 Å². The van der Waals surface area contributed by atoms with E-state index in [-0.39, 0.29) is 17.4 Å². The Morgan fingerprint density at radius 1 is 1.56 bits per heavy atom. The van der Waals surface area contributed by atoms with E-state index in [9.17, 15) is 4.79 Å². The van der Waals surface area contributed by atoms with Gasteiger partial charge in [-0.05, 0) is 24.7 Å². The largest absolute Gasteiger partial charge is 0.306 e. The Morgan fingerprint density at radius 3 is 3.00 bits per heavy atom. The molecule has 90 valence electrons. The molecule has 1 aliphatic heterocycles. The van der Waals surface area contributed by atoms with Crippen molar-refractivity contribution in [3.63, 3.8) is 0 Å². The van der Waals surface area contributed by atoms with Crippen LogP contribution in [-0.2, 0) is 4.79 Å². The first-order valence-corrected chi connectivity index (χ1v) is 6.47. The van der Waals surface area contributed by atoms with Crippen LogP contribution in [0.3, 0.4) is 0 Å². The average molecular weight is 243 g/mol. The third-order valence-electron chi connectivity index (χ3n) is 3.47. The third kappa shape index (κ3) is 2.24. The highest BCUT2D eigenvalue weighted by Crippen LogP contribution is 2.39. The zero-order chi connectivity index (χ0) is 11.8. The molecule has 1 heterocycles. The lowest BCUT2D eigenvalue weighted by Gasteiger charge is -2.36. The molecule has 2 atom stereocenters. The summed E-state index contributed by atoms with van der Waals surface area (Å²) in [4.78, 5) is 12.1. The van der Waals surface area contributed by atoms with Crippen LogP contribution in [-0.4, -0.2) is 23.4 Å². The van der Waals surface area contributed by atoms with Crippen molar-refractivity contribution in [2.24, 2.45) is 16.4 Å². The van der Waals surface area contributed by atoms with Gasteiger partial charge in [-0.2, -0.15) is 5.10 Å². The van der Waals surface area contributed by atoms with Crippen LogP contribution in [0.25, 0.3) is 0 Å². The molecule has 0 bridgehead atoms. The second kappa shape index (κ2) is 4.36. The lowest BCUT2D eigenvalue weighted by Crippen LogP contribution is -2.45. The first-order chi connectivity index (χ1) is 7.53. The zero-order valence-electron chi connectivity index (χ0n) is 9.92. The summed E-state index contributed by atoms with van der Waals surface area (Å²) >= 11 is 5.68. The number of fused-ring (bicyclic) bond motifs is 1. The topological polar surface area (TPSA) is 41.5 Å². The van der Waals surface area contributed by atoms with Crippen molar-refractivity contribution < 1.29 is 4.79 Å². The zero-order valence-corrected chi connectivity index (χ0v) is 10.7. The van der Waals surface area contributed by atoms with Crippen LogP contribution in [0.4, 0.5) is 0 Å². The van der Waals surface area contributed by atoms with Crippen molar-refractivity contribution in [2.45, 2.75) is 45.6 Å².